The second-order valence-corrected chi connectivity index (χ2v) is 8.83. The largest absolute Gasteiger partial charge is 0.370 e. The van der Waals surface area contributed by atoms with Gasteiger partial charge in [0.1, 0.15) is 6.54 Å². The van der Waals surface area contributed by atoms with Gasteiger partial charge in [0.2, 0.25) is 11.8 Å². The smallest absolute Gasteiger partial charge is 0.241 e. The van der Waals surface area contributed by atoms with Crippen LogP contribution < -0.4 is 5.32 Å². The van der Waals surface area contributed by atoms with Crippen molar-refractivity contribution in [1.29, 1.82) is 0 Å². The number of amides is 2. The van der Waals surface area contributed by atoms with Crippen molar-refractivity contribution in [3.8, 4) is 0 Å². The minimum atomic E-state index is -0.111. The predicted molar refractivity (Wildman–Crippen MR) is 107 cm³/mol. The summed E-state index contributed by atoms with van der Waals surface area (Å²) in [5, 5.41) is 7.32. The lowest BCUT2D eigenvalue weighted by Gasteiger charge is -2.39. The van der Waals surface area contributed by atoms with Gasteiger partial charge < -0.3 is 15.0 Å². The predicted octanol–water partition coefficient (Wildman–Crippen LogP) is 2.20. The van der Waals surface area contributed by atoms with Crippen molar-refractivity contribution in [2.24, 2.45) is 5.92 Å². The Labute approximate surface area is 167 Å². The first kappa shape index (κ1) is 20.8. The monoisotopic (exact) mass is 390 g/mol. The lowest BCUT2D eigenvalue weighted by Crippen LogP contribution is -2.47. The van der Waals surface area contributed by atoms with Gasteiger partial charge in [-0.15, -0.1) is 0 Å². The second-order valence-electron chi connectivity index (χ2n) is 8.83. The van der Waals surface area contributed by atoms with Crippen molar-refractivity contribution >= 4 is 11.8 Å². The van der Waals surface area contributed by atoms with Gasteiger partial charge in [0.25, 0.3) is 0 Å². The van der Waals surface area contributed by atoms with Crippen molar-refractivity contribution < 1.29 is 14.3 Å². The molecule has 7 nitrogen and oxygen atoms in total. The first-order valence-corrected chi connectivity index (χ1v) is 10.5. The van der Waals surface area contributed by atoms with Crippen LogP contribution in [0, 0.1) is 19.8 Å². The zero-order valence-corrected chi connectivity index (χ0v) is 17.7. The number of hydrogen-bond donors (Lipinski definition) is 1. The fourth-order valence-electron chi connectivity index (χ4n) is 4.30. The Morgan fingerprint density at radius 1 is 1.29 bits per heavy atom. The van der Waals surface area contributed by atoms with Crippen LogP contribution in [0.15, 0.2) is 6.07 Å². The van der Waals surface area contributed by atoms with Gasteiger partial charge in [-0.25, -0.2) is 0 Å². The SMILES string of the molecule is Cc1cc(C)n(CC(=O)NC[C@H]2CCC3(CCN(C(=O)CC(C)C)CC3)O2)n1. The quantitative estimate of drug-likeness (QED) is 0.808. The maximum Gasteiger partial charge on any atom is 0.241 e. The highest BCUT2D eigenvalue weighted by molar-refractivity contribution is 5.76. The normalized spacial score (nSPS) is 21.5. The van der Waals surface area contributed by atoms with Gasteiger partial charge >= 0.3 is 0 Å². The summed E-state index contributed by atoms with van der Waals surface area (Å²) in [6.45, 7) is 10.4. The topological polar surface area (TPSA) is 76.5 Å². The molecule has 0 radical (unpaired) electrons. The highest BCUT2D eigenvalue weighted by atomic mass is 16.5. The third-order valence-electron chi connectivity index (χ3n) is 5.87. The molecule has 2 amide bonds. The minimum absolute atomic E-state index is 0.0372. The van der Waals surface area contributed by atoms with Gasteiger partial charge in [0.05, 0.1) is 17.4 Å². The number of piperidine rings is 1. The fraction of sp³-hybridized carbons (Fsp3) is 0.762. The highest BCUT2D eigenvalue weighted by Crippen LogP contribution is 2.38. The Morgan fingerprint density at radius 2 is 2.00 bits per heavy atom. The molecule has 0 aliphatic carbocycles. The Morgan fingerprint density at radius 3 is 2.61 bits per heavy atom. The fourth-order valence-corrected chi connectivity index (χ4v) is 4.30. The Hall–Kier alpha value is -1.89. The molecule has 3 heterocycles. The number of carbonyl (C=O) groups excluding carboxylic acids is 2. The second kappa shape index (κ2) is 8.64. The summed E-state index contributed by atoms with van der Waals surface area (Å²) in [6.07, 6.45) is 4.44. The van der Waals surface area contributed by atoms with Crippen molar-refractivity contribution in [2.75, 3.05) is 19.6 Å². The molecule has 2 fully saturated rings. The summed E-state index contributed by atoms with van der Waals surface area (Å²) in [6, 6.07) is 1.97. The van der Waals surface area contributed by atoms with Gasteiger partial charge in [0, 0.05) is 31.7 Å². The maximum atomic E-state index is 12.3. The molecule has 7 heteroatoms. The van der Waals surface area contributed by atoms with Crippen molar-refractivity contribution in [3.63, 3.8) is 0 Å². The zero-order chi connectivity index (χ0) is 20.3. The van der Waals surface area contributed by atoms with Gasteiger partial charge in [-0.2, -0.15) is 5.10 Å². The molecule has 0 bridgehead atoms. The molecule has 1 N–H and O–H groups in total. The number of carbonyl (C=O) groups is 2. The molecule has 0 unspecified atom stereocenters. The summed E-state index contributed by atoms with van der Waals surface area (Å²) < 4.78 is 8.08. The molecule has 3 rings (SSSR count). The third-order valence-corrected chi connectivity index (χ3v) is 5.87. The Bertz CT molecular complexity index is 705. The first-order chi connectivity index (χ1) is 13.3. The molecule has 0 saturated carbocycles. The molecule has 28 heavy (non-hydrogen) atoms. The van der Waals surface area contributed by atoms with Crippen LogP contribution in [0.25, 0.3) is 0 Å². The Kier molecular flexibility index (Phi) is 6.43. The van der Waals surface area contributed by atoms with Crippen molar-refractivity contribution in [3.05, 3.63) is 17.5 Å². The van der Waals surface area contributed by atoms with Crippen LogP contribution in [-0.2, 0) is 20.9 Å². The minimum Gasteiger partial charge on any atom is -0.370 e. The van der Waals surface area contributed by atoms with Crippen LogP contribution in [-0.4, -0.2) is 57.8 Å². The van der Waals surface area contributed by atoms with Crippen LogP contribution in [0.5, 0.6) is 0 Å². The van der Waals surface area contributed by atoms with E-state index in [0.717, 1.165) is 50.2 Å². The van der Waals surface area contributed by atoms with E-state index in [-0.39, 0.29) is 30.1 Å². The van der Waals surface area contributed by atoms with Crippen LogP contribution in [0.2, 0.25) is 0 Å². The van der Waals surface area contributed by atoms with E-state index in [1.807, 2.05) is 24.8 Å². The molecule has 2 saturated heterocycles. The van der Waals surface area contributed by atoms with E-state index in [9.17, 15) is 9.59 Å². The van der Waals surface area contributed by atoms with Crippen LogP contribution in [0.1, 0.15) is 57.3 Å². The average Bonchev–Trinajstić information content (AvgIpc) is 3.16. The number of nitrogens with one attached hydrogen (secondary N) is 1. The molecule has 1 aromatic heterocycles. The van der Waals surface area contributed by atoms with E-state index < -0.39 is 0 Å². The zero-order valence-electron chi connectivity index (χ0n) is 17.7. The molecule has 2 aliphatic rings. The Balaban J connectivity index is 1.41. The molecule has 2 aliphatic heterocycles. The lowest BCUT2D eigenvalue weighted by molar-refractivity contribution is -0.138. The lowest BCUT2D eigenvalue weighted by atomic mass is 9.88. The molecular weight excluding hydrogens is 356 g/mol. The number of aryl methyl sites for hydroxylation is 2. The summed E-state index contributed by atoms with van der Waals surface area (Å²) in [4.78, 5) is 26.5. The summed E-state index contributed by atoms with van der Waals surface area (Å²) in [5.74, 6) is 0.620. The van der Waals surface area contributed by atoms with E-state index in [4.69, 9.17) is 4.74 Å². The molecular formula is C21H34N4O3. The van der Waals surface area contributed by atoms with Crippen LogP contribution in [0.3, 0.4) is 0 Å². The van der Waals surface area contributed by atoms with E-state index in [2.05, 4.69) is 24.3 Å². The van der Waals surface area contributed by atoms with Gasteiger partial charge in [-0.1, -0.05) is 13.8 Å². The third kappa shape index (κ3) is 5.13. The number of ether oxygens (including phenoxy) is 1. The number of likely N-dealkylation sites (tertiary alicyclic amines) is 1. The van der Waals surface area contributed by atoms with Crippen molar-refractivity contribution in [1.82, 2.24) is 20.0 Å². The van der Waals surface area contributed by atoms with E-state index >= 15 is 0 Å². The molecule has 156 valence electrons. The first-order valence-electron chi connectivity index (χ1n) is 10.5. The molecule has 1 aromatic rings. The number of nitrogens with zero attached hydrogens (tertiary/aromatic N) is 3. The molecule has 1 spiro atoms. The number of rotatable bonds is 6. The summed E-state index contributed by atoms with van der Waals surface area (Å²) in [5.41, 5.74) is 1.80. The number of aromatic nitrogens is 2. The van der Waals surface area contributed by atoms with E-state index in [1.54, 1.807) is 4.68 Å². The highest BCUT2D eigenvalue weighted by Gasteiger charge is 2.43. The van der Waals surface area contributed by atoms with Gasteiger partial charge in [-0.05, 0) is 51.5 Å². The van der Waals surface area contributed by atoms with Crippen LogP contribution in [0.4, 0.5) is 0 Å². The van der Waals surface area contributed by atoms with E-state index in [0.29, 0.717) is 18.9 Å². The molecule has 1 atom stereocenters. The van der Waals surface area contributed by atoms with E-state index in [1.165, 1.54) is 0 Å². The van der Waals surface area contributed by atoms with Gasteiger partial charge in [-0.3, -0.25) is 14.3 Å². The standard InChI is InChI=1S/C21H34N4O3/c1-15(2)11-20(27)24-9-7-21(8-10-24)6-5-18(28-21)13-22-19(26)14-25-17(4)12-16(3)23-25/h12,15,18H,5-11,13-14H2,1-4H3,(H,22,26)/t18-/m1/s1. The summed E-state index contributed by atoms with van der Waals surface area (Å²) >= 11 is 0. The average molecular weight is 391 g/mol. The maximum absolute atomic E-state index is 12.3. The van der Waals surface area contributed by atoms with Gasteiger partial charge in [0.15, 0.2) is 0 Å². The van der Waals surface area contributed by atoms with Crippen molar-refractivity contribution in [2.45, 2.75) is 78.0 Å². The number of hydrogen-bond acceptors (Lipinski definition) is 4. The summed E-state index contributed by atoms with van der Waals surface area (Å²) in [7, 11) is 0. The van der Waals surface area contributed by atoms with Crippen LogP contribution >= 0.6 is 0 Å². The molecule has 0 aromatic carbocycles.